The zero-order valence-corrected chi connectivity index (χ0v) is 4.86. The van der Waals surface area contributed by atoms with Gasteiger partial charge in [-0.25, -0.2) is 0 Å². The van der Waals surface area contributed by atoms with Crippen LogP contribution in [0.1, 0.15) is 13.8 Å². The van der Waals surface area contributed by atoms with Gasteiger partial charge in [-0.15, -0.1) is 0 Å². The third-order valence-electron chi connectivity index (χ3n) is 0.642. The molecule has 0 saturated carbocycles. The Balaban J connectivity index is 3.79. The number of hydrogen-bond donors (Lipinski definition) is 1. The van der Waals surface area contributed by atoms with Crippen molar-refractivity contribution in [2.45, 2.75) is 17.9 Å². The van der Waals surface area contributed by atoms with Crippen LogP contribution in [0.25, 0.3) is 0 Å². The topological polar surface area (TPSA) is 37.3 Å². The molecule has 36 valence electrons. The molecular weight excluding hydrogens is 87.0 g/mol. The third kappa shape index (κ3) is 2.73. The first kappa shape index (κ1) is 7.07. The van der Waals surface area contributed by atoms with Gasteiger partial charge in [0.15, 0.2) is 0 Å². The summed E-state index contributed by atoms with van der Waals surface area (Å²) in [6.45, 7) is 3.32. The zero-order chi connectivity index (χ0) is 6.08. The number of carboxylic acid groups (broad SMARTS) is 1. The van der Waals surface area contributed by atoms with E-state index in [1.165, 1.54) is 0 Å². The van der Waals surface area contributed by atoms with Gasteiger partial charge in [0.25, 0.3) is 0 Å². The maximum absolute atomic E-state index is 10.0. The Morgan fingerprint density at radius 3 is 1.86 bits per heavy atom. The number of carbonyl (C=O) groups is 1. The molecule has 3 heteroatoms. The van der Waals surface area contributed by atoms with Crippen molar-refractivity contribution in [1.82, 2.24) is 0 Å². The molecule has 0 fully saturated rings. The van der Waals surface area contributed by atoms with Crippen LogP contribution in [0, 0.1) is 0 Å². The summed E-state index contributed by atoms with van der Waals surface area (Å²) in [4.78, 5) is 10.0. The van der Waals surface area contributed by atoms with Crippen molar-refractivity contribution in [2.75, 3.05) is 0 Å². The van der Waals surface area contributed by atoms with Crippen molar-refractivity contribution in [2.24, 2.45) is 0 Å². The van der Waals surface area contributed by atoms with Gasteiger partial charge in [0.05, 0.1) is 0 Å². The Bertz CT molecular complexity index is 82.2. The standard InChI is InChI=1S/C4H7O2.Li/c1-3(2)4(5)6;/h1-2H3,(H,5,6);. The first-order valence-electron chi connectivity index (χ1n) is 2.18. The molecule has 0 aromatic rings. The fourth-order valence-corrected chi connectivity index (χ4v) is 0. The van der Waals surface area contributed by atoms with Crippen LogP contribution in [0.3, 0.4) is 0 Å². The van der Waals surface area contributed by atoms with Crippen LogP contribution in [0.15, 0.2) is 0 Å². The molecule has 0 atom stereocenters. The van der Waals surface area contributed by atoms with Crippen molar-refractivity contribution in [3.05, 3.63) is 0 Å². The van der Waals surface area contributed by atoms with Gasteiger partial charge in [-0.3, -0.25) is 0 Å². The van der Waals surface area contributed by atoms with E-state index in [1.54, 1.807) is 31.6 Å². The molecule has 0 heterocycles. The van der Waals surface area contributed by atoms with E-state index in [1.807, 2.05) is 0 Å². The summed E-state index contributed by atoms with van der Waals surface area (Å²) in [5, 5.41) is 8.25. The van der Waals surface area contributed by atoms with E-state index < -0.39 is 10.1 Å². The Morgan fingerprint density at radius 1 is 1.71 bits per heavy atom. The Kier molecular flexibility index (Phi) is 1.91. The van der Waals surface area contributed by atoms with Crippen molar-refractivity contribution >= 4 is 23.7 Å². The summed E-state index contributed by atoms with van der Waals surface area (Å²) >= 11 is 1.66. The Morgan fingerprint density at radius 2 is 1.86 bits per heavy atom. The van der Waals surface area contributed by atoms with Gasteiger partial charge >= 0.3 is 51.5 Å². The quantitative estimate of drug-likeness (QED) is 0.478. The first-order valence-corrected chi connectivity index (χ1v) is 2.18. The molecule has 0 aliphatic rings. The van der Waals surface area contributed by atoms with Crippen LogP contribution in [-0.2, 0) is 4.79 Å². The molecule has 0 radical (unpaired) electrons. The molecule has 2 nitrogen and oxygen atoms in total. The summed E-state index contributed by atoms with van der Waals surface area (Å²) < 4.78 is -0.583. The first-order chi connectivity index (χ1) is 2.94. The molecule has 0 aliphatic carbocycles. The number of rotatable bonds is 1. The van der Waals surface area contributed by atoms with Crippen molar-refractivity contribution in [3.63, 3.8) is 0 Å². The Labute approximate surface area is 52.1 Å². The average molecular weight is 94.0 g/mol. The van der Waals surface area contributed by atoms with E-state index in [-0.39, 0.29) is 0 Å². The summed E-state index contributed by atoms with van der Waals surface area (Å²) in [6, 6.07) is 0. The fraction of sp³-hybridized carbons (Fsp3) is 0.750. The van der Waals surface area contributed by atoms with Crippen LogP contribution in [0.4, 0.5) is 0 Å². The van der Waals surface area contributed by atoms with Crippen LogP contribution in [0.5, 0.6) is 0 Å². The Hall–Kier alpha value is 0.0674. The maximum atomic E-state index is 10.0. The number of hydrogen-bond acceptors (Lipinski definition) is 1. The molecule has 0 aromatic carbocycles. The molecule has 0 unspecified atom stereocenters. The molecular formula is C4H7LiO2. The molecule has 1 N–H and O–H groups in total. The minimum atomic E-state index is -0.757. The molecule has 0 aliphatic heterocycles. The second-order valence-corrected chi connectivity index (χ2v) is 2.56. The summed E-state index contributed by atoms with van der Waals surface area (Å²) in [5.74, 6) is -0.757. The SMILES string of the molecule is [Li][C](C)(C)C(=O)O. The monoisotopic (exact) mass is 94.1 g/mol. The number of aliphatic carboxylic acids is 1. The molecule has 0 aromatic heterocycles. The van der Waals surface area contributed by atoms with Crippen LogP contribution in [0.2, 0.25) is 4.09 Å². The number of carboxylic acids is 1. The fourth-order valence-electron chi connectivity index (χ4n) is 0. The molecule has 7 heavy (non-hydrogen) atoms. The molecule has 0 saturated heterocycles. The van der Waals surface area contributed by atoms with Crippen molar-refractivity contribution in [3.8, 4) is 0 Å². The molecule has 0 bridgehead atoms. The predicted molar refractivity (Wildman–Crippen MR) is 27.4 cm³/mol. The average Bonchev–Trinajstić information content (AvgIpc) is 1.31. The van der Waals surface area contributed by atoms with E-state index in [4.69, 9.17) is 5.11 Å². The summed E-state index contributed by atoms with van der Waals surface area (Å²) in [6.07, 6.45) is 0. The predicted octanol–water partition coefficient (Wildman–Crippen LogP) is 0.438. The van der Waals surface area contributed by atoms with E-state index >= 15 is 0 Å². The van der Waals surface area contributed by atoms with Gasteiger partial charge in [-0.1, -0.05) is 0 Å². The molecule has 0 rings (SSSR count). The third-order valence-corrected chi connectivity index (χ3v) is 0.642. The van der Waals surface area contributed by atoms with Crippen molar-refractivity contribution in [1.29, 1.82) is 0 Å². The van der Waals surface area contributed by atoms with Gasteiger partial charge < -0.3 is 0 Å². The molecule has 0 spiro atoms. The molecule has 0 amide bonds. The zero-order valence-electron chi connectivity index (χ0n) is 4.86. The van der Waals surface area contributed by atoms with E-state index in [2.05, 4.69) is 0 Å². The normalized spacial score (nSPS) is 11.4. The van der Waals surface area contributed by atoms with Gasteiger partial charge in [-0.2, -0.15) is 0 Å². The van der Waals surface area contributed by atoms with Gasteiger partial charge in [-0.05, 0) is 0 Å². The van der Waals surface area contributed by atoms with Gasteiger partial charge in [0.2, 0.25) is 0 Å². The van der Waals surface area contributed by atoms with E-state index in [0.29, 0.717) is 0 Å². The summed E-state index contributed by atoms with van der Waals surface area (Å²) in [5.41, 5.74) is 0. The van der Waals surface area contributed by atoms with Crippen LogP contribution in [-0.4, -0.2) is 28.8 Å². The summed E-state index contributed by atoms with van der Waals surface area (Å²) in [7, 11) is 0. The van der Waals surface area contributed by atoms with E-state index in [0.717, 1.165) is 0 Å². The van der Waals surface area contributed by atoms with Gasteiger partial charge in [0.1, 0.15) is 0 Å². The van der Waals surface area contributed by atoms with Crippen molar-refractivity contribution < 1.29 is 9.90 Å². The second-order valence-electron chi connectivity index (χ2n) is 2.56. The van der Waals surface area contributed by atoms with E-state index in [9.17, 15) is 4.79 Å². The minimum absolute atomic E-state index is 0.583. The van der Waals surface area contributed by atoms with Gasteiger partial charge in [0, 0.05) is 0 Å². The van der Waals surface area contributed by atoms with Crippen LogP contribution < -0.4 is 0 Å². The van der Waals surface area contributed by atoms with Crippen LogP contribution >= 0.6 is 0 Å². The second kappa shape index (κ2) is 1.89.